The van der Waals surface area contributed by atoms with E-state index in [1.165, 1.54) is 83.5 Å². The van der Waals surface area contributed by atoms with Crippen LogP contribution >= 0.6 is 0 Å². The molecule has 2 saturated heterocycles. The van der Waals surface area contributed by atoms with Gasteiger partial charge in [-0.3, -0.25) is 4.79 Å². The molecule has 14 nitrogen and oxygen atoms in total. The Bertz CT molecular complexity index is 1690. The molecule has 2 fully saturated rings. The fourth-order valence-electron chi connectivity index (χ4n) is 8.76. The van der Waals surface area contributed by atoms with Gasteiger partial charge in [-0.15, -0.1) is 0 Å². The monoisotopic (exact) mass is 1070 g/mol. The predicted octanol–water partition coefficient (Wildman–Crippen LogP) is 9.66. The van der Waals surface area contributed by atoms with E-state index in [4.69, 9.17) is 18.9 Å². The maximum absolute atomic E-state index is 13.2. The van der Waals surface area contributed by atoms with Crippen LogP contribution in [0.4, 0.5) is 0 Å². The highest BCUT2D eigenvalue weighted by Crippen LogP contribution is 2.30. The number of amides is 1. The fourth-order valence-corrected chi connectivity index (χ4v) is 8.76. The first-order chi connectivity index (χ1) is 37.1. The number of unbranched alkanes of at least 4 members (excludes halogenated alkanes) is 15. The second-order valence-electron chi connectivity index (χ2n) is 20.0. The summed E-state index contributed by atoms with van der Waals surface area (Å²) in [4.78, 5) is 13.2. The quantitative estimate of drug-likeness (QED) is 0.0205. The van der Waals surface area contributed by atoms with E-state index in [-0.39, 0.29) is 18.9 Å². The largest absolute Gasteiger partial charge is 0.394 e. The molecule has 434 valence electrons. The van der Waals surface area contributed by atoms with Crippen LogP contribution in [0.15, 0.2) is 109 Å². The van der Waals surface area contributed by atoms with Crippen LogP contribution in [-0.2, 0) is 23.7 Å². The summed E-state index contributed by atoms with van der Waals surface area (Å²) in [6.07, 6.45) is 48.6. The Kier molecular flexibility index (Phi) is 42.1. The number of carbonyl (C=O) groups is 1. The highest BCUT2D eigenvalue weighted by molar-refractivity contribution is 5.76. The Labute approximate surface area is 457 Å². The molecule has 2 heterocycles. The molecule has 0 bridgehead atoms. The molecular weight excluding hydrogens is 967 g/mol. The van der Waals surface area contributed by atoms with Gasteiger partial charge < -0.3 is 65.1 Å². The molecule has 2 aliphatic heterocycles. The summed E-state index contributed by atoms with van der Waals surface area (Å²) >= 11 is 0. The van der Waals surface area contributed by atoms with Crippen molar-refractivity contribution in [3.63, 3.8) is 0 Å². The molecule has 12 unspecified atom stereocenters. The summed E-state index contributed by atoms with van der Waals surface area (Å²) in [6, 6.07) is -0.986. The normalized spacial score (nSPS) is 25.7. The number of hydrogen-bond acceptors (Lipinski definition) is 13. The number of nitrogens with one attached hydrogen (secondary N) is 1. The van der Waals surface area contributed by atoms with Crippen molar-refractivity contribution in [2.45, 2.75) is 254 Å². The van der Waals surface area contributed by atoms with Crippen LogP contribution < -0.4 is 5.32 Å². The van der Waals surface area contributed by atoms with Gasteiger partial charge in [0.05, 0.1) is 32.0 Å². The molecule has 2 rings (SSSR count). The molecule has 0 saturated carbocycles. The van der Waals surface area contributed by atoms with Crippen LogP contribution in [0.3, 0.4) is 0 Å². The van der Waals surface area contributed by atoms with Crippen molar-refractivity contribution in [1.82, 2.24) is 5.32 Å². The van der Waals surface area contributed by atoms with E-state index in [0.29, 0.717) is 12.8 Å². The van der Waals surface area contributed by atoms with Crippen molar-refractivity contribution in [1.29, 1.82) is 0 Å². The zero-order chi connectivity index (χ0) is 55.3. The van der Waals surface area contributed by atoms with Crippen LogP contribution in [0, 0.1) is 0 Å². The van der Waals surface area contributed by atoms with Gasteiger partial charge in [0.2, 0.25) is 5.91 Å². The van der Waals surface area contributed by atoms with E-state index in [1.54, 1.807) is 6.08 Å². The van der Waals surface area contributed by atoms with Crippen molar-refractivity contribution >= 4 is 5.91 Å². The van der Waals surface area contributed by atoms with Crippen molar-refractivity contribution in [3.8, 4) is 0 Å². The van der Waals surface area contributed by atoms with Gasteiger partial charge in [-0.25, -0.2) is 0 Å². The lowest BCUT2D eigenvalue weighted by Crippen LogP contribution is -2.65. The summed E-state index contributed by atoms with van der Waals surface area (Å²) < 4.78 is 22.7. The van der Waals surface area contributed by atoms with E-state index in [1.807, 2.05) is 18.2 Å². The Balaban J connectivity index is 1.85. The topological polar surface area (TPSA) is 228 Å². The highest BCUT2D eigenvalue weighted by atomic mass is 16.7. The zero-order valence-corrected chi connectivity index (χ0v) is 46.4. The third-order valence-corrected chi connectivity index (χ3v) is 13.4. The first-order valence-corrected chi connectivity index (χ1v) is 29.1. The van der Waals surface area contributed by atoms with Gasteiger partial charge >= 0.3 is 0 Å². The van der Waals surface area contributed by atoms with Gasteiger partial charge in [-0.2, -0.15) is 0 Å². The summed E-state index contributed by atoms with van der Waals surface area (Å²) in [5.74, 6) is -0.340. The van der Waals surface area contributed by atoms with Crippen LogP contribution in [0.25, 0.3) is 0 Å². The Morgan fingerprint density at radius 2 is 0.921 bits per heavy atom. The van der Waals surface area contributed by atoms with E-state index in [0.717, 1.165) is 64.2 Å². The Morgan fingerprint density at radius 1 is 0.487 bits per heavy atom. The summed E-state index contributed by atoms with van der Waals surface area (Å²) in [7, 11) is 0. The van der Waals surface area contributed by atoms with Crippen molar-refractivity contribution < 1.29 is 64.6 Å². The molecule has 14 heteroatoms. The number of hydrogen-bond donors (Lipinski definition) is 9. The first-order valence-electron chi connectivity index (χ1n) is 29.1. The second-order valence-corrected chi connectivity index (χ2v) is 20.0. The molecule has 0 aromatic rings. The van der Waals surface area contributed by atoms with Crippen molar-refractivity contribution in [3.05, 3.63) is 109 Å². The molecule has 9 N–H and O–H groups in total. The van der Waals surface area contributed by atoms with Crippen LogP contribution in [0.1, 0.15) is 181 Å². The average Bonchev–Trinajstić information content (AvgIpc) is 3.42. The van der Waals surface area contributed by atoms with Crippen LogP contribution in [-0.4, -0.2) is 140 Å². The first kappa shape index (κ1) is 68.8. The molecule has 2 aliphatic rings. The SMILES string of the molecule is CC/C=C\C/C=C\C/C=C\C/C=C\C/C=C\C/C=C\CCC(=O)NC(COC1OC(CO)C(OC2OC(CO)C(O)C(O)C2O)C(O)C1O)C(O)/C=C/CC/C=C/CC/C=C/CCCCCCCCCCCCCCC. The van der Waals surface area contributed by atoms with Gasteiger partial charge in [0.25, 0.3) is 0 Å². The van der Waals surface area contributed by atoms with E-state index in [2.05, 4.69) is 104 Å². The number of aliphatic hydroxyl groups excluding tert-OH is 8. The fraction of sp³-hybridized carbons (Fsp3) is 0.694. The molecule has 0 radical (unpaired) electrons. The lowest BCUT2D eigenvalue weighted by atomic mass is 9.97. The number of ether oxygens (including phenoxy) is 4. The molecule has 76 heavy (non-hydrogen) atoms. The molecule has 0 aromatic heterocycles. The molecule has 1 amide bonds. The minimum Gasteiger partial charge on any atom is -0.394 e. The number of carbonyl (C=O) groups excluding carboxylic acids is 1. The van der Waals surface area contributed by atoms with Gasteiger partial charge in [0.1, 0.15) is 48.8 Å². The lowest BCUT2D eigenvalue weighted by molar-refractivity contribution is -0.359. The second kappa shape index (κ2) is 46.6. The third-order valence-electron chi connectivity index (χ3n) is 13.4. The highest BCUT2D eigenvalue weighted by Gasteiger charge is 2.51. The maximum Gasteiger partial charge on any atom is 0.220 e. The maximum atomic E-state index is 13.2. The Morgan fingerprint density at radius 3 is 1.43 bits per heavy atom. The average molecular weight is 1070 g/mol. The summed E-state index contributed by atoms with van der Waals surface area (Å²) in [5.41, 5.74) is 0. The summed E-state index contributed by atoms with van der Waals surface area (Å²) in [5, 5.41) is 86.9. The van der Waals surface area contributed by atoms with E-state index < -0.39 is 86.8 Å². The minimum atomic E-state index is -1.80. The van der Waals surface area contributed by atoms with Crippen molar-refractivity contribution in [2.24, 2.45) is 0 Å². The van der Waals surface area contributed by atoms with Gasteiger partial charge in [-0.05, 0) is 83.5 Å². The van der Waals surface area contributed by atoms with Crippen LogP contribution in [0.5, 0.6) is 0 Å². The molecule has 0 aromatic carbocycles. The molecule has 0 spiro atoms. The smallest absolute Gasteiger partial charge is 0.220 e. The Hall–Kier alpha value is -3.35. The standard InChI is InChI=1S/C62H103NO13/c1-3-5-7-9-11-13-15-17-19-21-23-24-25-26-28-29-31-33-35-37-39-41-43-45-51(66)50(63-54(67)46-44-42-40-38-36-34-32-30-27-22-20-18-16-14-12-10-8-6-4-2)49-73-61-59(72)57(70)60(53(48-65)75-61)76-62-58(71)56(69)55(68)52(47-64)74-62/h6,8,12,14,18,20,27-30,34-37,40,42-43,45,50-53,55-62,64-66,68-72H,3-5,7,9-11,13,15-17,19,21-26,31-33,38-39,41,44,46-49H2,1-2H3,(H,63,67)/b8-6-,14-12-,20-18-,29-28+,30-27-,36-34-,37-35+,42-40-,45-43+. The number of aliphatic hydroxyl groups is 8. The number of allylic oxidation sites excluding steroid dienone is 17. The minimum absolute atomic E-state index is 0.138. The lowest BCUT2D eigenvalue weighted by Gasteiger charge is -2.46. The van der Waals surface area contributed by atoms with Gasteiger partial charge in [0.15, 0.2) is 12.6 Å². The van der Waals surface area contributed by atoms with Gasteiger partial charge in [-0.1, -0.05) is 200 Å². The van der Waals surface area contributed by atoms with E-state index >= 15 is 0 Å². The zero-order valence-electron chi connectivity index (χ0n) is 46.4. The summed E-state index contributed by atoms with van der Waals surface area (Å²) in [6.45, 7) is 2.59. The predicted molar refractivity (Wildman–Crippen MR) is 304 cm³/mol. The van der Waals surface area contributed by atoms with Crippen LogP contribution in [0.2, 0.25) is 0 Å². The van der Waals surface area contributed by atoms with Crippen molar-refractivity contribution in [2.75, 3.05) is 19.8 Å². The molecule has 0 aliphatic carbocycles. The van der Waals surface area contributed by atoms with Gasteiger partial charge in [0, 0.05) is 6.42 Å². The number of rotatable bonds is 44. The third kappa shape index (κ3) is 31.9. The molecule has 12 atom stereocenters. The molecular formula is C62H103NO13. The van der Waals surface area contributed by atoms with E-state index in [9.17, 15) is 45.6 Å².